The monoisotopic (exact) mass is 821 g/mol. The minimum atomic E-state index is -1.87. The molecule has 0 unspecified atom stereocenters. The van der Waals surface area contributed by atoms with Crippen LogP contribution in [0.1, 0.15) is 85.8 Å². The molecule has 3 aliphatic rings. The molecule has 4 N–H and O–H groups in total. The number of halogens is 1. The number of likely N-dealkylation sites (N-methyl/N-ethyl adjacent to an activating group) is 1. The average Bonchev–Trinajstić information content (AvgIpc) is 3.82. The van der Waals surface area contributed by atoms with E-state index in [0.29, 0.717) is 29.3 Å². The Hall–Kier alpha value is -3.14. The lowest BCUT2D eigenvalue weighted by atomic mass is 9.81. The third kappa shape index (κ3) is 10.3. The van der Waals surface area contributed by atoms with Crippen LogP contribution >= 0.6 is 23.4 Å². The Morgan fingerprint density at radius 3 is 2.52 bits per heavy atom. The Bertz CT molecular complexity index is 1700. The first-order valence-corrected chi connectivity index (χ1v) is 20.6. The number of nitrogens with zero attached hydrogens (tertiary/aromatic N) is 2. The number of epoxide rings is 1. The molecule has 13 nitrogen and oxygen atoms in total. The molecule has 0 aromatic heterocycles. The Morgan fingerprint density at radius 2 is 1.89 bits per heavy atom. The molecule has 1 aromatic carbocycles. The van der Waals surface area contributed by atoms with Gasteiger partial charge in [0.05, 0.1) is 36.4 Å². The summed E-state index contributed by atoms with van der Waals surface area (Å²) in [5.41, 5.74) is -1.46. The highest BCUT2D eigenvalue weighted by Crippen LogP contribution is 2.49. The second-order valence-corrected chi connectivity index (χ2v) is 18.7. The predicted octanol–water partition coefficient (Wildman–Crippen LogP) is 5.15. The van der Waals surface area contributed by atoms with Crippen molar-refractivity contribution in [2.24, 2.45) is 17.3 Å². The molecular weight excluding hydrogens is 762 g/mol. The molecule has 2 saturated heterocycles. The number of rotatable bonds is 10. The Morgan fingerprint density at radius 1 is 1.21 bits per heavy atom. The fraction of sp³-hybridized carbons (Fsp3) is 0.659. The van der Waals surface area contributed by atoms with Crippen molar-refractivity contribution >= 4 is 52.9 Å². The van der Waals surface area contributed by atoms with Crippen LogP contribution in [0, 0.1) is 17.3 Å². The molecule has 4 rings (SSSR count). The summed E-state index contributed by atoms with van der Waals surface area (Å²) in [5.74, 6) is -2.11. The Balaban J connectivity index is 1.73. The molecule has 0 saturated carbocycles. The summed E-state index contributed by atoms with van der Waals surface area (Å²) in [7, 11) is 3.11. The van der Waals surface area contributed by atoms with Gasteiger partial charge in [-0.25, -0.2) is 9.59 Å². The fourth-order valence-electron chi connectivity index (χ4n) is 7.40. The van der Waals surface area contributed by atoms with Crippen molar-refractivity contribution in [2.45, 2.75) is 129 Å². The van der Waals surface area contributed by atoms with Crippen LogP contribution in [0.4, 0.5) is 10.5 Å². The van der Waals surface area contributed by atoms with Crippen molar-refractivity contribution in [2.75, 3.05) is 31.4 Å². The number of allylic oxidation sites excluding steroid dienone is 3. The first-order valence-electron chi connectivity index (χ1n) is 19.2. The van der Waals surface area contributed by atoms with E-state index in [-0.39, 0.29) is 30.4 Å². The number of carbonyl (C=O) groups excluding carboxylic acids is 4. The van der Waals surface area contributed by atoms with Crippen molar-refractivity contribution < 1.29 is 48.7 Å². The van der Waals surface area contributed by atoms with E-state index in [1.54, 1.807) is 70.9 Å². The van der Waals surface area contributed by atoms with Gasteiger partial charge in [0.2, 0.25) is 11.8 Å². The van der Waals surface area contributed by atoms with Gasteiger partial charge >= 0.3 is 12.1 Å². The van der Waals surface area contributed by atoms with E-state index >= 15 is 0 Å². The first-order chi connectivity index (χ1) is 26.1. The number of hydrogen-bond donors (Lipinski definition) is 4. The van der Waals surface area contributed by atoms with E-state index in [1.165, 1.54) is 9.80 Å². The number of ether oxygens (including phenoxy) is 3. The number of fused-ring (bicyclic) bond motifs is 5. The summed E-state index contributed by atoms with van der Waals surface area (Å²) in [4.78, 5) is 57.5. The van der Waals surface area contributed by atoms with E-state index in [2.05, 4.69) is 19.2 Å². The second kappa shape index (κ2) is 18.2. The van der Waals surface area contributed by atoms with E-state index in [9.17, 15) is 34.5 Å². The summed E-state index contributed by atoms with van der Waals surface area (Å²) < 4.78 is 18.1. The number of thioether (sulfide) groups is 1. The topological polar surface area (TPSA) is 178 Å². The van der Waals surface area contributed by atoms with Crippen LogP contribution in [0.15, 0.2) is 35.9 Å². The molecule has 1 aromatic rings. The van der Waals surface area contributed by atoms with E-state index < -0.39 is 77.5 Å². The molecule has 0 radical (unpaired) electrons. The summed E-state index contributed by atoms with van der Waals surface area (Å²) in [6.07, 6.45) is 2.08. The summed E-state index contributed by atoms with van der Waals surface area (Å²) >= 11 is 8.50. The number of benzene rings is 1. The average molecular weight is 822 g/mol. The molecule has 3 amide bonds. The van der Waals surface area contributed by atoms with Gasteiger partial charge in [-0.05, 0) is 61.8 Å². The summed E-state index contributed by atoms with van der Waals surface area (Å²) in [6, 6.07) is 2.50. The van der Waals surface area contributed by atoms with Crippen LogP contribution < -0.4 is 10.2 Å². The molecule has 3 aliphatic heterocycles. The second-order valence-electron chi connectivity index (χ2n) is 16.6. The van der Waals surface area contributed by atoms with Crippen LogP contribution in [0.2, 0.25) is 5.02 Å². The number of amides is 3. The van der Waals surface area contributed by atoms with Crippen molar-refractivity contribution in [1.82, 2.24) is 10.2 Å². The van der Waals surface area contributed by atoms with Crippen molar-refractivity contribution in [3.63, 3.8) is 0 Å². The van der Waals surface area contributed by atoms with Crippen molar-refractivity contribution in [3.8, 4) is 0 Å². The Labute approximate surface area is 340 Å². The number of aliphatic hydroxyl groups is 3. The van der Waals surface area contributed by atoms with E-state index in [1.807, 2.05) is 26.8 Å². The number of esters is 1. The molecule has 0 spiro atoms. The molecule has 56 heavy (non-hydrogen) atoms. The molecular formula is C41H60ClN3O10S. The molecule has 4 bridgehead atoms. The molecule has 0 aliphatic carbocycles. The van der Waals surface area contributed by atoms with Gasteiger partial charge in [0, 0.05) is 37.8 Å². The summed E-state index contributed by atoms with van der Waals surface area (Å²) in [5, 5.41) is 35.4. The Kier molecular flexibility index (Phi) is 14.8. The van der Waals surface area contributed by atoms with Gasteiger partial charge < -0.3 is 39.3 Å². The lowest BCUT2D eigenvalue weighted by Gasteiger charge is -2.42. The number of anilines is 1. The zero-order chi connectivity index (χ0) is 41.9. The third-order valence-electron chi connectivity index (χ3n) is 11.4. The molecule has 312 valence electrons. The minimum absolute atomic E-state index is 0.0933. The van der Waals surface area contributed by atoms with Gasteiger partial charge in [-0.15, -0.1) is 0 Å². The lowest BCUT2D eigenvalue weighted by Crippen LogP contribution is -2.62. The van der Waals surface area contributed by atoms with Crippen LogP contribution in [0.25, 0.3) is 0 Å². The smallest absolute Gasteiger partial charge is 0.409 e. The highest BCUT2D eigenvalue weighted by Gasteiger charge is 2.64. The zero-order valence-corrected chi connectivity index (χ0v) is 35.8. The highest BCUT2D eigenvalue weighted by molar-refractivity contribution is 7.99. The molecule has 8 atom stereocenters. The van der Waals surface area contributed by atoms with E-state index in [0.717, 1.165) is 16.9 Å². The fourth-order valence-corrected chi connectivity index (χ4v) is 8.80. The maximum Gasteiger partial charge on any atom is 0.409 e. The summed E-state index contributed by atoms with van der Waals surface area (Å²) in [6.45, 7) is 14.0. The normalized spacial score (nSPS) is 30.7. The maximum absolute atomic E-state index is 14.2. The van der Waals surface area contributed by atoms with Crippen LogP contribution in [0.5, 0.6) is 0 Å². The van der Waals surface area contributed by atoms with Gasteiger partial charge in [0.15, 0.2) is 5.72 Å². The van der Waals surface area contributed by atoms with Gasteiger partial charge in [0.25, 0.3) is 0 Å². The number of nitrogens with one attached hydrogen (secondary N) is 1. The SMILES string of the molecule is C/C1=C\C=C\[C@@H](CO)[C@@]2(O)C[C@H](OC(=O)N2)[C@@H](C)[C@@H]2O[C@@]2(C)[C@@H](OC(=O)[C@H](C)N(C)C(=O)C(C)(C)CCSC(C)C)CC(=O)N(C)c2cc(cc(CO)c2Cl)C1. The standard InChI is InChI=1S/C41H60ClN3O10S/c1-23(2)56-15-14-39(6,7)37(50)44(9)26(5)36(49)54-32-19-33(48)45(10)30-18-27(17-28(21-46)34(30)42)16-24(3)12-11-13-29(22-47)41(52)20-31(53-38(51)43-41)25(4)35-40(32,8)55-35/h11-13,17-18,23,25-26,29,31-32,35,46-47,52H,14-16,19-22H2,1-10H3,(H,43,51)/b13-11+,24-12+/t25-,26+,29+,31+,32+,35+,40+,41+/m1/s1. The predicted molar refractivity (Wildman–Crippen MR) is 216 cm³/mol. The highest BCUT2D eigenvalue weighted by atomic mass is 35.5. The molecule has 15 heteroatoms. The zero-order valence-electron chi connectivity index (χ0n) is 34.3. The number of hydrogen-bond acceptors (Lipinski definition) is 11. The lowest BCUT2D eigenvalue weighted by molar-refractivity contribution is -0.163. The van der Waals surface area contributed by atoms with E-state index in [4.69, 9.17) is 25.8 Å². The maximum atomic E-state index is 14.2. The number of alkyl carbamates (subject to hydrolysis) is 1. The largest absolute Gasteiger partial charge is 0.457 e. The number of carbonyl (C=O) groups is 4. The van der Waals surface area contributed by atoms with Crippen LogP contribution in [-0.2, 0) is 41.6 Å². The van der Waals surface area contributed by atoms with Gasteiger partial charge in [-0.3, -0.25) is 14.9 Å². The van der Waals surface area contributed by atoms with Crippen molar-refractivity contribution in [1.29, 1.82) is 0 Å². The van der Waals surface area contributed by atoms with Gasteiger partial charge in [-0.2, -0.15) is 11.8 Å². The van der Waals surface area contributed by atoms with Crippen LogP contribution in [0.3, 0.4) is 0 Å². The van der Waals surface area contributed by atoms with Gasteiger partial charge in [-0.1, -0.05) is 76.1 Å². The molecule has 3 heterocycles. The molecule has 2 fully saturated rings. The third-order valence-corrected chi connectivity index (χ3v) is 13.0. The van der Waals surface area contributed by atoms with Gasteiger partial charge in [0.1, 0.15) is 23.9 Å². The first kappa shape index (κ1) is 45.6. The van der Waals surface area contributed by atoms with Crippen LogP contribution in [-0.4, -0.2) is 111 Å². The quantitative estimate of drug-likeness (QED) is 0.181. The van der Waals surface area contributed by atoms with Crippen molar-refractivity contribution in [3.05, 3.63) is 52.1 Å². The minimum Gasteiger partial charge on any atom is -0.457 e. The number of aliphatic hydroxyl groups excluding tert-OH is 2.